The maximum absolute atomic E-state index is 10.9. The van der Waals surface area contributed by atoms with E-state index in [0.29, 0.717) is 0 Å². The van der Waals surface area contributed by atoms with Gasteiger partial charge in [0.1, 0.15) is 6.29 Å². The summed E-state index contributed by atoms with van der Waals surface area (Å²) in [5.41, 5.74) is -0.680. The number of hydrogen-bond donors (Lipinski definition) is 0. The van der Waals surface area contributed by atoms with Gasteiger partial charge in [-0.2, -0.15) is 0 Å². The van der Waals surface area contributed by atoms with Crippen LogP contribution in [0.1, 0.15) is 6.92 Å². The van der Waals surface area contributed by atoms with Crippen LogP contribution in [0.2, 0.25) is 0 Å². The fourth-order valence-corrected chi connectivity index (χ4v) is 3.66. The van der Waals surface area contributed by atoms with E-state index in [0.717, 1.165) is 6.29 Å². The average molecular weight is 188 g/mol. The van der Waals surface area contributed by atoms with Gasteiger partial charge in [-0.1, -0.05) is 13.0 Å². The molecule has 1 unspecified atom stereocenters. The highest BCUT2D eigenvalue weighted by atomic mass is 32.2. The van der Waals surface area contributed by atoms with Gasteiger partial charge in [0.15, 0.2) is 9.84 Å². The zero-order chi connectivity index (χ0) is 9.41. The molecule has 1 rings (SSSR count). The number of sulfone groups is 1. The average Bonchev–Trinajstić information content (AvgIpc) is 1.97. The first kappa shape index (κ1) is 9.45. The molecule has 0 aromatic heterocycles. The van der Waals surface area contributed by atoms with Gasteiger partial charge in [-0.3, -0.25) is 0 Å². The lowest BCUT2D eigenvalue weighted by Crippen LogP contribution is -2.53. The minimum absolute atomic E-state index is 0.0172. The van der Waals surface area contributed by atoms with E-state index in [1.807, 2.05) is 6.92 Å². The fourth-order valence-electron chi connectivity index (χ4n) is 1.45. The van der Waals surface area contributed by atoms with Crippen molar-refractivity contribution in [3.63, 3.8) is 0 Å². The van der Waals surface area contributed by atoms with E-state index in [4.69, 9.17) is 0 Å². The minimum atomic E-state index is -2.94. The first-order valence-corrected chi connectivity index (χ1v) is 5.57. The van der Waals surface area contributed by atoms with Crippen LogP contribution in [0.5, 0.6) is 0 Å². The van der Waals surface area contributed by atoms with Gasteiger partial charge in [0, 0.05) is 0 Å². The quantitative estimate of drug-likeness (QED) is 0.476. The predicted octanol–water partition coefficient (Wildman–Crippen LogP) is 0.422. The van der Waals surface area contributed by atoms with E-state index in [1.165, 1.54) is 0 Å². The normalized spacial score (nSPS) is 26.8. The van der Waals surface area contributed by atoms with Crippen molar-refractivity contribution in [1.82, 2.24) is 0 Å². The molecule has 0 radical (unpaired) electrons. The van der Waals surface area contributed by atoms with Crippen molar-refractivity contribution in [3.8, 4) is 0 Å². The predicted molar refractivity (Wildman–Crippen MR) is 46.5 cm³/mol. The summed E-state index contributed by atoms with van der Waals surface area (Å²) in [4.78, 5) is 10.7. The van der Waals surface area contributed by atoms with Gasteiger partial charge < -0.3 is 4.79 Å². The lowest BCUT2D eigenvalue weighted by atomic mass is 9.80. The molecule has 1 heterocycles. The number of aldehydes is 1. The SMILES string of the molecule is C=CC(C)C1(C=O)CS(=O)(=O)C1. The second-order valence-electron chi connectivity index (χ2n) is 3.41. The van der Waals surface area contributed by atoms with Gasteiger partial charge in [-0.15, -0.1) is 6.58 Å². The van der Waals surface area contributed by atoms with Crippen LogP contribution in [0.4, 0.5) is 0 Å². The van der Waals surface area contributed by atoms with Crippen LogP contribution in [0.15, 0.2) is 12.7 Å². The fraction of sp³-hybridized carbons (Fsp3) is 0.625. The Hall–Kier alpha value is -0.640. The number of carbonyl (C=O) groups is 1. The molecule has 0 bridgehead atoms. The summed E-state index contributed by atoms with van der Waals surface area (Å²) in [6, 6.07) is 0. The van der Waals surface area contributed by atoms with E-state index in [-0.39, 0.29) is 17.4 Å². The Bertz CT molecular complexity index is 290. The molecule has 68 valence electrons. The smallest absolute Gasteiger partial charge is 0.152 e. The van der Waals surface area contributed by atoms with Gasteiger partial charge >= 0.3 is 0 Å². The lowest BCUT2D eigenvalue weighted by Gasteiger charge is -2.39. The van der Waals surface area contributed by atoms with Gasteiger partial charge in [0.25, 0.3) is 0 Å². The summed E-state index contributed by atoms with van der Waals surface area (Å²) < 4.78 is 21.8. The zero-order valence-electron chi connectivity index (χ0n) is 6.99. The van der Waals surface area contributed by atoms with Gasteiger partial charge in [0.05, 0.1) is 16.9 Å². The summed E-state index contributed by atoms with van der Waals surface area (Å²) >= 11 is 0. The first-order chi connectivity index (χ1) is 5.46. The van der Waals surface area contributed by atoms with Crippen molar-refractivity contribution in [2.75, 3.05) is 11.5 Å². The molecule has 0 amide bonds. The van der Waals surface area contributed by atoms with Crippen LogP contribution in [0.3, 0.4) is 0 Å². The van der Waals surface area contributed by atoms with Crippen LogP contribution in [0.25, 0.3) is 0 Å². The largest absolute Gasteiger partial charge is 0.303 e. The van der Waals surface area contributed by atoms with Crippen LogP contribution in [0, 0.1) is 11.3 Å². The van der Waals surface area contributed by atoms with E-state index in [1.54, 1.807) is 6.08 Å². The van der Waals surface area contributed by atoms with Crippen LogP contribution >= 0.6 is 0 Å². The Labute approximate surface area is 72.4 Å². The van der Waals surface area contributed by atoms with Crippen LogP contribution < -0.4 is 0 Å². The Balaban J connectivity index is 2.84. The first-order valence-electron chi connectivity index (χ1n) is 3.75. The van der Waals surface area contributed by atoms with E-state index in [2.05, 4.69) is 6.58 Å². The number of hydrogen-bond acceptors (Lipinski definition) is 3. The number of allylic oxidation sites excluding steroid dienone is 1. The highest BCUT2D eigenvalue weighted by Crippen LogP contribution is 2.38. The molecule has 0 aromatic carbocycles. The highest BCUT2D eigenvalue weighted by molar-refractivity contribution is 7.93. The van der Waals surface area contributed by atoms with E-state index < -0.39 is 15.3 Å². The molecule has 1 saturated heterocycles. The van der Waals surface area contributed by atoms with Gasteiger partial charge in [-0.25, -0.2) is 8.42 Å². The molecule has 1 aliphatic rings. The molecule has 4 heteroatoms. The minimum Gasteiger partial charge on any atom is -0.303 e. The molecule has 0 spiro atoms. The Morgan fingerprint density at radius 2 is 2.00 bits per heavy atom. The maximum Gasteiger partial charge on any atom is 0.152 e. The van der Waals surface area contributed by atoms with E-state index >= 15 is 0 Å². The second-order valence-corrected chi connectivity index (χ2v) is 5.47. The molecule has 12 heavy (non-hydrogen) atoms. The van der Waals surface area contributed by atoms with E-state index in [9.17, 15) is 13.2 Å². The molecule has 0 aromatic rings. The number of rotatable bonds is 3. The van der Waals surface area contributed by atoms with Gasteiger partial charge in [-0.05, 0) is 5.92 Å². The third-order valence-electron chi connectivity index (χ3n) is 2.47. The topological polar surface area (TPSA) is 51.2 Å². The molecular formula is C8H12O3S. The lowest BCUT2D eigenvalue weighted by molar-refractivity contribution is -0.116. The summed E-state index contributed by atoms with van der Waals surface area (Å²) in [6.07, 6.45) is 2.38. The molecule has 3 nitrogen and oxygen atoms in total. The van der Waals surface area contributed by atoms with Crippen LogP contribution in [-0.2, 0) is 14.6 Å². The zero-order valence-corrected chi connectivity index (χ0v) is 7.80. The monoisotopic (exact) mass is 188 g/mol. The van der Waals surface area contributed by atoms with Crippen molar-refractivity contribution in [1.29, 1.82) is 0 Å². The Morgan fingerprint density at radius 1 is 1.50 bits per heavy atom. The molecule has 1 atom stereocenters. The third-order valence-corrected chi connectivity index (χ3v) is 4.43. The summed E-state index contributed by atoms with van der Waals surface area (Å²) in [7, 11) is -2.94. The molecular weight excluding hydrogens is 176 g/mol. The third kappa shape index (κ3) is 1.31. The molecule has 0 N–H and O–H groups in total. The standard InChI is InChI=1S/C8H12O3S/c1-3-7(2)8(4-9)5-12(10,11)6-8/h3-4,7H,1,5-6H2,2H3. The molecule has 0 saturated carbocycles. The summed E-state index contributed by atoms with van der Waals surface area (Å²) in [5.74, 6) is -0.0913. The van der Waals surface area contributed by atoms with Gasteiger partial charge in [0.2, 0.25) is 0 Å². The van der Waals surface area contributed by atoms with Crippen LogP contribution in [-0.4, -0.2) is 26.2 Å². The number of carbonyl (C=O) groups excluding carboxylic acids is 1. The highest BCUT2D eigenvalue weighted by Gasteiger charge is 2.51. The Kier molecular flexibility index (Phi) is 2.12. The second kappa shape index (κ2) is 2.69. The molecule has 1 aliphatic heterocycles. The molecule has 0 aliphatic carbocycles. The van der Waals surface area contributed by atoms with Crippen molar-refractivity contribution >= 4 is 16.1 Å². The van der Waals surface area contributed by atoms with Crippen molar-refractivity contribution < 1.29 is 13.2 Å². The Morgan fingerprint density at radius 3 is 2.25 bits per heavy atom. The van der Waals surface area contributed by atoms with Crippen molar-refractivity contribution in [2.24, 2.45) is 11.3 Å². The van der Waals surface area contributed by atoms with Crippen molar-refractivity contribution in [3.05, 3.63) is 12.7 Å². The maximum atomic E-state index is 10.9. The molecule has 1 fully saturated rings. The van der Waals surface area contributed by atoms with Crippen molar-refractivity contribution in [2.45, 2.75) is 6.92 Å². The summed E-state index contributed by atoms with van der Waals surface area (Å²) in [6.45, 7) is 5.37. The summed E-state index contributed by atoms with van der Waals surface area (Å²) in [5, 5.41) is 0.